The lowest BCUT2D eigenvalue weighted by Gasteiger charge is -2.13. The smallest absolute Gasteiger partial charge is 0.309 e. The fourth-order valence-electron chi connectivity index (χ4n) is 2.44. The average molecular weight is 273 g/mol. The maximum Gasteiger partial charge on any atom is 0.309 e. The van der Waals surface area contributed by atoms with E-state index in [1.807, 2.05) is 6.92 Å². The van der Waals surface area contributed by atoms with Crippen molar-refractivity contribution in [2.24, 2.45) is 11.8 Å². The summed E-state index contributed by atoms with van der Waals surface area (Å²) in [5, 5.41) is 0. The number of imide groups is 1. The van der Waals surface area contributed by atoms with E-state index in [0.29, 0.717) is 17.0 Å². The van der Waals surface area contributed by atoms with Crippen molar-refractivity contribution in [2.75, 3.05) is 13.2 Å². The van der Waals surface area contributed by atoms with Crippen molar-refractivity contribution in [3.8, 4) is 0 Å². The van der Waals surface area contributed by atoms with Crippen LogP contribution in [0.3, 0.4) is 0 Å². The van der Waals surface area contributed by atoms with Gasteiger partial charge in [0, 0.05) is 0 Å². The van der Waals surface area contributed by atoms with Gasteiger partial charge >= 0.3 is 5.97 Å². The Labute approximate surface area is 116 Å². The molecule has 104 valence electrons. The van der Waals surface area contributed by atoms with E-state index in [9.17, 15) is 14.4 Å². The van der Waals surface area contributed by atoms with Gasteiger partial charge in [-0.3, -0.25) is 19.3 Å². The van der Waals surface area contributed by atoms with Gasteiger partial charge in [-0.2, -0.15) is 0 Å². The van der Waals surface area contributed by atoms with E-state index in [4.69, 9.17) is 4.74 Å². The van der Waals surface area contributed by atoms with Gasteiger partial charge < -0.3 is 4.74 Å². The van der Waals surface area contributed by atoms with Gasteiger partial charge in [-0.15, -0.1) is 0 Å². The quantitative estimate of drug-likeness (QED) is 0.615. The van der Waals surface area contributed by atoms with Crippen LogP contribution in [0.4, 0.5) is 0 Å². The molecule has 2 amide bonds. The van der Waals surface area contributed by atoms with Crippen molar-refractivity contribution in [3.63, 3.8) is 0 Å². The van der Waals surface area contributed by atoms with Gasteiger partial charge in [-0.1, -0.05) is 19.1 Å². The Morgan fingerprint density at radius 3 is 2.30 bits per heavy atom. The average Bonchev–Trinajstić information content (AvgIpc) is 3.14. The van der Waals surface area contributed by atoms with Crippen LogP contribution in [0.2, 0.25) is 0 Å². The summed E-state index contributed by atoms with van der Waals surface area (Å²) < 4.78 is 5.11. The Morgan fingerprint density at radius 2 is 1.80 bits per heavy atom. The summed E-state index contributed by atoms with van der Waals surface area (Å²) in [6, 6.07) is 6.71. The number of benzene rings is 1. The van der Waals surface area contributed by atoms with Crippen molar-refractivity contribution in [3.05, 3.63) is 35.4 Å². The molecule has 1 aliphatic heterocycles. The third kappa shape index (κ3) is 2.09. The molecule has 1 fully saturated rings. The highest BCUT2D eigenvalue weighted by molar-refractivity contribution is 6.21. The number of ether oxygens (including phenoxy) is 1. The van der Waals surface area contributed by atoms with Crippen LogP contribution in [0.1, 0.15) is 34.1 Å². The second-order valence-electron chi connectivity index (χ2n) is 5.29. The molecular formula is C15H15NO4. The fourth-order valence-corrected chi connectivity index (χ4v) is 2.44. The van der Waals surface area contributed by atoms with E-state index in [1.165, 1.54) is 0 Å². The lowest BCUT2D eigenvalue weighted by Crippen LogP contribution is -2.33. The minimum atomic E-state index is -0.318. The number of amides is 2. The third-order valence-corrected chi connectivity index (χ3v) is 3.85. The molecule has 2 unspecified atom stereocenters. The zero-order chi connectivity index (χ0) is 14.3. The first-order valence-corrected chi connectivity index (χ1v) is 6.71. The largest absolute Gasteiger partial charge is 0.464 e. The number of rotatable bonds is 4. The predicted molar refractivity (Wildman–Crippen MR) is 70.0 cm³/mol. The molecule has 2 atom stereocenters. The Balaban J connectivity index is 1.58. The number of nitrogens with zero attached hydrogens (tertiary/aromatic N) is 1. The van der Waals surface area contributed by atoms with E-state index < -0.39 is 0 Å². The number of hydrogen-bond acceptors (Lipinski definition) is 4. The lowest BCUT2D eigenvalue weighted by atomic mass is 10.1. The standard InChI is InChI=1S/C15H15NO4/c1-9-8-12(9)15(19)20-7-6-16-13(17)10-4-2-3-5-11(10)14(16)18/h2-5,9,12H,6-8H2,1H3. The number of hydrogen-bond donors (Lipinski definition) is 0. The molecule has 1 heterocycles. The number of fused-ring (bicyclic) bond motifs is 1. The normalized spacial score (nSPS) is 23.8. The monoisotopic (exact) mass is 273 g/mol. The van der Waals surface area contributed by atoms with Crippen LogP contribution in [0.5, 0.6) is 0 Å². The van der Waals surface area contributed by atoms with Gasteiger partial charge in [0.25, 0.3) is 11.8 Å². The van der Waals surface area contributed by atoms with Gasteiger partial charge in [-0.05, 0) is 24.5 Å². The van der Waals surface area contributed by atoms with E-state index in [0.717, 1.165) is 11.3 Å². The number of esters is 1. The van der Waals surface area contributed by atoms with Crippen molar-refractivity contribution in [1.82, 2.24) is 4.90 Å². The number of carbonyl (C=O) groups excluding carboxylic acids is 3. The summed E-state index contributed by atoms with van der Waals surface area (Å²) in [7, 11) is 0. The first-order valence-electron chi connectivity index (χ1n) is 6.71. The van der Waals surface area contributed by atoms with E-state index >= 15 is 0 Å². The SMILES string of the molecule is CC1CC1C(=O)OCCN1C(=O)c2ccccc2C1=O. The van der Waals surface area contributed by atoms with Gasteiger partial charge in [0.05, 0.1) is 23.6 Å². The molecule has 2 aliphatic rings. The second-order valence-corrected chi connectivity index (χ2v) is 5.29. The third-order valence-electron chi connectivity index (χ3n) is 3.85. The molecule has 1 aromatic carbocycles. The molecule has 20 heavy (non-hydrogen) atoms. The zero-order valence-corrected chi connectivity index (χ0v) is 11.2. The Hall–Kier alpha value is -2.17. The molecular weight excluding hydrogens is 258 g/mol. The van der Waals surface area contributed by atoms with Crippen LogP contribution in [-0.2, 0) is 9.53 Å². The molecule has 0 saturated heterocycles. The van der Waals surface area contributed by atoms with Crippen LogP contribution < -0.4 is 0 Å². The van der Waals surface area contributed by atoms with Gasteiger partial charge in [0.15, 0.2) is 0 Å². The van der Waals surface area contributed by atoms with E-state index in [1.54, 1.807) is 24.3 Å². The Bertz CT molecular complexity index is 560. The molecule has 1 aromatic rings. The highest BCUT2D eigenvalue weighted by Gasteiger charge is 2.41. The molecule has 0 bridgehead atoms. The molecule has 5 heteroatoms. The topological polar surface area (TPSA) is 63.7 Å². The zero-order valence-electron chi connectivity index (χ0n) is 11.2. The molecule has 0 radical (unpaired) electrons. The fraction of sp³-hybridized carbons (Fsp3) is 0.400. The maximum atomic E-state index is 12.0. The lowest BCUT2D eigenvalue weighted by molar-refractivity contribution is -0.145. The first kappa shape index (κ1) is 12.8. The van der Waals surface area contributed by atoms with Crippen molar-refractivity contribution < 1.29 is 19.1 Å². The summed E-state index contributed by atoms with van der Waals surface area (Å²) in [4.78, 5) is 36.8. The molecule has 1 saturated carbocycles. The second kappa shape index (κ2) is 4.74. The molecule has 0 aromatic heterocycles. The summed E-state index contributed by atoms with van der Waals surface area (Å²) in [6.07, 6.45) is 0.867. The van der Waals surface area contributed by atoms with Crippen LogP contribution in [0.15, 0.2) is 24.3 Å². The van der Waals surface area contributed by atoms with Crippen molar-refractivity contribution >= 4 is 17.8 Å². The van der Waals surface area contributed by atoms with Crippen LogP contribution in [-0.4, -0.2) is 35.8 Å². The summed E-state index contributed by atoms with van der Waals surface area (Å²) in [5.74, 6) is -0.476. The first-order chi connectivity index (χ1) is 9.59. The number of carbonyl (C=O) groups is 3. The van der Waals surface area contributed by atoms with Crippen LogP contribution >= 0.6 is 0 Å². The van der Waals surface area contributed by atoms with Crippen LogP contribution in [0, 0.1) is 11.8 Å². The highest BCUT2D eigenvalue weighted by atomic mass is 16.5. The molecule has 0 spiro atoms. The van der Waals surface area contributed by atoms with E-state index in [-0.39, 0.29) is 36.9 Å². The Kier molecular flexibility index (Phi) is 3.04. The molecule has 3 rings (SSSR count). The predicted octanol–water partition coefficient (Wildman–Crippen LogP) is 1.48. The van der Waals surface area contributed by atoms with Crippen molar-refractivity contribution in [1.29, 1.82) is 0 Å². The van der Waals surface area contributed by atoms with Gasteiger partial charge in [-0.25, -0.2) is 0 Å². The Morgan fingerprint density at radius 1 is 1.25 bits per heavy atom. The summed E-state index contributed by atoms with van der Waals surface area (Å²) in [6.45, 7) is 2.17. The molecule has 0 N–H and O–H groups in total. The maximum absolute atomic E-state index is 12.0. The van der Waals surface area contributed by atoms with Gasteiger partial charge in [0.1, 0.15) is 6.61 Å². The van der Waals surface area contributed by atoms with Crippen LogP contribution in [0.25, 0.3) is 0 Å². The van der Waals surface area contributed by atoms with Crippen molar-refractivity contribution in [2.45, 2.75) is 13.3 Å². The van der Waals surface area contributed by atoms with E-state index in [2.05, 4.69) is 0 Å². The highest BCUT2D eigenvalue weighted by Crippen LogP contribution is 2.38. The molecule has 1 aliphatic carbocycles. The van der Waals surface area contributed by atoms with Gasteiger partial charge in [0.2, 0.25) is 0 Å². The molecule has 5 nitrogen and oxygen atoms in total. The summed E-state index contributed by atoms with van der Waals surface area (Å²) >= 11 is 0. The minimum Gasteiger partial charge on any atom is -0.464 e. The summed E-state index contributed by atoms with van der Waals surface area (Å²) in [5.41, 5.74) is 0.833. The minimum absolute atomic E-state index is 0.00261.